The molecule has 0 fully saturated rings. The van der Waals surface area contributed by atoms with Gasteiger partial charge in [-0.15, -0.1) is 12.8 Å². The first-order valence-corrected chi connectivity index (χ1v) is 2.82. The molecule has 0 saturated carbocycles. The maximum absolute atomic E-state index is 7.64. The Hall–Kier alpha value is -1.00. The lowest BCUT2D eigenvalue weighted by atomic mass is 10.7. The van der Waals surface area contributed by atoms with Gasteiger partial charge in [0.25, 0.3) is 0 Å². The topological polar surface area (TPSA) is 38.7 Å². The molecule has 1 N–H and O–H groups in total. The van der Waals surface area contributed by atoms with Gasteiger partial charge in [0.2, 0.25) is 6.29 Å². The second-order valence-corrected chi connectivity index (χ2v) is 1.33. The van der Waals surface area contributed by atoms with Crippen LogP contribution in [0.3, 0.4) is 0 Å². The molecule has 0 radical (unpaired) electrons. The normalized spacial score (nSPS) is 7.45. The highest BCUT2D eigenvalue weighted by Crippen LogP contribution is 1.83. The summed E-state index contributed by atoms with van der Waals surface area (Å²) in [5, 5.41) is 7.64. The van der Waals surface area contributed by atoms with Crippen molar-refractivity contribution in [1.82, 2.24) is 0 Å². The van der Waals surface area contributed by atoms with Crippen molar-refractivity contribution in [2.45, 2.75) is 6.29 Å². The molecule has 0 amide bonds. The van der Waals surface area contributed by atoms with Crippen molar-refractivity contribution in [1.29, 1.82) is 0 Å². The maximum Gasteiger partial charge on any atom is 0.221 e. The molecule has 62 valence electrons. The molecule has 0 heterocycles. The summed E-state index contributed by atoms with van der Waals surface area (Å²) in [4.78, 5) is 0. The number of rotatable bonds is 2. The van der Waals surface area contributed by atoms with E-state index in [2.05, 4.69) is 21.8 Å². The Morgan fingerprint density at radius 2 is 1.73 bits per heavy atom. The van der Waals surface area contributed by atoms with Crippen LogP contribution in [-0.4, -0.2) is 32.2 Å². The van der Waals surface area contributed by atoms with Gasteiger partial charge in [-0.3, -0.25) is 0 Å². The first-order valence-electron chi connectivity index (χ1n) is 2.82. The first-order chi connectivity index (χ1) is 5.26. The first kappa shape index (κ1) is 12.7. The van der Waals surface area contributed by atoms with Crippen LogP contribution in [0.25, 0.3) is 0 Å². The van der Waals surface area contributed by atoms with Crippen LogP contribution in [-0.2, 0) is 9.47 Å². The fourth-order valence-corrected chi connectivity index (χ4v) is 0.232. The zero-order chi connectivity index (χ0) is 9.11. The number of hydrogen-bond donors (Lipinski definition) is 1. The van der Waals surface area contributed by atoms with E-state index in [1.807, 2.05) is 5.92 Å². The molecule has 0 aromatic rings. The van der Waals surface area contributed by atoms with Crippen LogP contribution in [0.15, 0.2) is 0 Å². The van der Waals surface area contributed by atoms with E-state index < -0.39 is 6.29 Å². The van der Waals surface area contributed by atoms with Gasteiger partial charge in [0.05, 0.1) is 0 Å². The van der Waals surface area contributed by atoms with E-state index >= 15 is 0 Å². The summed E-state index contributed by atoms with van der Waals surface area (Å²) in [6.45, 7) is -0.153. The Balaban J connectivity index is 0. The molecule has 0 rings (SSSR count). The fraction of sp³-hybridized carbons (Fsp3) is 0.500. The zero-order valence-electron chi connectivity index (χ0n) is 6.70. The zero-order valence-corrected chi connectivity index (χ0v) is 6.70. The number of ether oxygens (including phenoxy) is 2. The van der Waals surface area contributed by atoms with Gasteiger partial charge in [0, 0.05) is 14.2 Å². The third kappa shape index (κ3) is 12.2. The Morgan fingerprint density at radius 3 is 1.73 bits per heavy atom. The third-order valence-electron chi connectivity index (χ3n) is 0.656. The van der Waals surface area contributed by atoms with Gasteiger partial charge < -0.3 is 14.6 Å². The molecule has 0 unspecified atom stereocenters. The third-order valence-corrected chi connectivity index (χ3v) is 0.656. The van der Waals surface area contributed by atoms with E-state index in [4.69, 9.17) is 11.5 Å². The standard InChI is InChI=1S/C5H8O2.C3H4O/c1-4-5(6-2)7-3;1-2-3-4/h1,5H,2-3H3;1,4H,3H2. The lowest BCUT2D eigenvalue weighted by Crippen LogP contribution is -2.08. The SMILES string of the molecule is C#CC(OC)OC.C#CCO. The van der Waals surface area contributed by atoms with Gasteiger partial charge in [-0.2, -0.15) is 0 Å². The van der Waals surface area contributed by atoms with Crippen molar-refractivity contribution < 1.29 is 14.6 Å². The van der Waals surface area contributed by atoms with Crippen LogP contribution in [0.1, 0.15) is 0 Å². The summed E-state index contributed by atoms with van der Waals surface area (Å²) < 4.78 is 9.18. The van der Waals surface area contributed by atoms with E-state index in [1.54, 1.807) is 0 Å². The Kier molecular flexibility index (Phi) is 13.5. The summed E-state index contributed by atoms with van der Waals surface area (Å²) in [6, 6.07) is 0. The molecular weight excluding hydrogens is 144 g/mol. The maximum atomic E-state index is 7.64. The quantitative estimate of drug-likeness (QED) is 0.446. The summed E-state index contributed by atoms with van der Waals surface area (Å²) >= 11 is 0. The van der Waals surface area contributed by atoms with E-state index in [-0.39, 0.29) is 6.61 Å². The average molecular weight is 156 g/mol. The van der Waals surface area contributed by atoms with Crippen molar-refractivity contribution in [3.8, 4) is 24.7 Å². The molecule has 0 aromatic carbocycles. The molecule has 0 atom stereocenters. The monoisotopic (exact) mass is 156 g/mol. The minimum atomic E-state index is -0.486. The summed E-state index contributed by atoms with van der Waals surface area (Å²) in [7, 11) is 2.99. The van der Waals surface area contributed by atoms with E-state index in [9.17, 15) is 0 Å². The fourth-order valence-electron chi connectivity index (χ4n) is 0.232. The molecular formula is C8H12O3. The van der Waals surface area contributed by atoms with Crippen molar-refractivity contribution in [3.05, 3.63) is 0 Å². The van der Waals surface area contributed by atoms with E-state index in [0.717, 1.165) is 0 Å². The smallest absolute Gasteiger partial charge is 0.221 e. The van der Waals surface area contributed by atoms with Gasteiger partial charge in [-0.1, -0.05) is 5.92 Å². The van der Waals surface area contributed by atoms with Crippen molar-refractivity contribution in [2.24, 2.45) is 0 Å². The van der Waals surface area contributed by atoms with Crippen LogP contribution in [0.5, 0.6) is 0 Å². The molecule has 0 spiro atoms. The van der Waals surface area contributed by atoms with Crippen molar-refractivity contribution in [3.63, 3.8) is 0 Å². The van der Waals surface area contributed by atoms with Gasteiger partial charge >= 0.3 is 0 Å². The van der Waals surface area contributed by atoms with Crippen molar-refractivity contribution >= 4 is 0 Å². The largest absolute Gasteiger partial charge is 0.384 e. The number of aliphatic hydroxyl groups is 1. The molecule has 0 saturated heterocycles. The van der Waals surface area contributed by atoms with Gasteiger partial charge in [0.1, 0.15) is 6.61 Å². The predicted molar refractivity (Wildman–Crippen MR) is 42.6 cm³/mol. The summed E-state index contributed by atoms with van der Waals surface area (Å²) in [6.07, 6.45) is 8.94. The average Bonchev–Trinajstić information content (AvgIpc) is 2.08. The molecule has 0 aliphatic heterocycles. The second kappa shape index (κ2) is 11.8. The highest BCUT2D eigenvalue weighted by Gasteiger charge is 1.93. The summed E-state index contributed by atoms with van der Waals surface area (Å²) in [5.41, 5.74) is 0. The van der Waals surface area contributed by atoms with Gasteiger partial charge in [-0.25, -0.2) is 0 Å². The molecule has 0 aromatic heterocycles. The lowest BCUT2D eigenvalue weighted by molar-refractivity contribution is -0.0594. The van der Waals surface area contributed by atoms with Crippen LogP contribution < -0.4 is 0 Å². The number of terminal acetylenes is 2. The molecule has 3 nitrogen and oxygen atoms in total. The van der Waals surface area contributed by atoms with E-state index in [0.29, 0.717) is 0 Å². The van der Waals surface area contributed by atoms with Crippen LogP contribution >= 0.6 is 0 Å². The Labute approximate surface area is 67.3 Å². The van der Waals surface area contributed by atoms with Crippen LogP contribution in [0, 0.1) is 24.7 Å². The number of aliphatic hydroxyl groups excluding tert-OH is 1. The second-order valence-electron chi connectivity index (χ2n) is 1.33. The lowest BCUT2D eigenvalue weighted by Gasteiger charge is -2.02. The molecule has 0 aliphatic rings. The highest BCUT2D eigenvalue weighted by atomic mass is 16.7. The minimum Gasteiger partial charge on any atom is -0.384 e. The van der Waals surface area contributed by atoms with Crippen LogP contribution in [0.4, 0.5) is 0 Å². The molecule has 3 heteroatoms. The van der Waals surface area contributed by atoms with E-state index in [1.165, 1.54) is 14.2 Å². The Bertz CT molecular complexity index is 136. The highest BCUT2D eigenvalue weighted by molar-refractivity contribution is 4.88. The van der Waals surface area contributed by atoms with Crippen LogP contribution in [0.2, 0.25) is 0 Å². The molecule has 0 bridgehead atoms. The Morgan fingerprint density at radius 1 is 1.36 bits per heavy atom. The minimum absolute atomic E-state index is 0.153. The number of methoxy groups -OCH3 is 2. The summed E-state index contributed by atoms with van der Waals surface area (Å²) in [5.74, 6) is 4.24. The molecule has 0 aliphatic carbocycles. The van der Waals surface area contributed by atoms with Crippen molar-refractivity contribution in [2.75, 3.05) is 20.8 Å². The number of hydrogen-bond acceptors (Lipinski definition) is 3. The van der Waals surface area contributed by atoms with Gasteiger partial charge in [0.15, 0.2) is 0 Å². The van der Waals surface area contributed by atoms with Gasteiger partial charge in [-0.05, 0) is 5.92 Å². The predicted octanol–water partition coefficient (Wildman–Crippen LogP) is -0.150. The molecule has 11 heavy (non-hydrogen) atoms.